The number of carbonyl (C=O) groups is 1. The van der Waals surface area contributed by atoms with Crippen LogP contribution in [0.25, 0.3) is 11.0 Å². The number of ether oxygens (including phenoxy) is 1. The molecule has 1 aliphatic carbocycles. The molecule has 0 aromatic carbocycles. The number of carbonyl (C=O) groups excluding carboxylic acids is 1. The number of fused-ring (bicyclic) bond motifs is 2. The van der Waals surface area contributed by atoms with E-state index >= 15 is 0 Å². The van der Waals surface area contributed by atoms with Gasteiger partial charge in [-0.2, -0.15) is 5.10 Å². The normalized spacial score (nSPS) is 29.7. The Kier molecular flexibility index (Phi) is 6.57. The van der Waals surface area contributed by atoms with Crippen molar-refractivity contribution < 1.29 is 9.53 Å². The van der Waals surface area contributed by atoms with Crippen LogP contribution in [0.2, 0.25) is 0 Å². The summed E-state index contributed by atoms with van der Waals surface area (Å²) < 4.78 is 5.52. The van der Waals surface area contributed by atoms with Crippen molar-refractivity contribution in [2.45, 2.75) is 38.3 Å². The van der Waals surface area contributed by atoms with E-state index in [0.717, 1.165) is 76.2 Å². The third kappa shape index (κ3) is 3.93. The van der Waals surface area contributed by atoms with Gasteiger partial charge in [-0.25, -0.2) is 4.98 Å². The number of aromatic nitrogens is 3. The summed E-state index contributed by atoms with van der Waals surface area (Å²) in [6.07, 6.45) is 5.96. The summed E-state index contributed by atoms with van der Waals surface area (Å²) in [6.45, 7) is 5.97. The summed E-state index contributed by atoms with van der Waals surface area (Å²) in [5, 5.41) is 15.0. The molecule has 9 heteroatoms. The van der Waals surface area contributed by atoms with Gasteiger partial charge in [0, 0.05) is 37.3 Å². The number of hydrogen-bond donors (Lipinski definition) is 3. The lowest BCUT2D eigenvalue weighted by Crippen LogP contribution is -2.60. The first-order chi connectivity index (χ1) is 14.3. The van der Waals surface area contributed by atoms with Gasteiger partial charge in [-0.15, -0.1) is 12.4 Å². The van der Waals surface area contributed by atoms with Crippen LogP contribution < -0.4 is 10.6 Å². The number of H-pyrrole nitrogens is 1. The third-order valence-electron chi connectivity index (χ3n) is 7.22. The van der Waals surface area contributed by atoms with Crippen molar-refractivity contribution >= 4 is 29.3 Å². The van der Waals surface area contributed by atoms with E-state index in [2.05, 4.69) is 30.7 Å². The number of halogens is 1. The largest absolute Gasteiger partial charge is 0.379 e. The standard InChI is InChI=1S/C21H30N6O2.ClH/c28-20(24-13-18-17-2-1-6-23-19(17)26-25-18)21-5-3-16(27-8-10-29-11-9-27)12-15(21)4-7-22-14-21;/h1-2,6,15-16,22H,3-5,7-14H2,(H,24,28)(H,23,25,26);1H/t15-,16-,21-;/m1./s1. The summed E-state index contributed by atoms with van der Waals surface area (Å²) in [7, 11) is 0. The number of nitrogens with zero attached hydrogens (tertiary/aromatic N) is 3. The number of aromatic amines is 1. The lowest BCUT2D eigenvalue weighted by atomic mass is 9.61. The molecule has 2 saturated heterocycles. The van der Waals surface area contributed by atoms with Crippen LogP contribution in [-0.4, -0.2) is 71.4 Å². The number of nitrogens with one attached hydrogen (secondary N) is 3. The van der Waals surface area contributed by atoms with Crippen LogP contribution in [-0.2, 0) is 16.1 Å². The van der Waals surface area contributed by atoms with Gasteiger partial charge in [0.25, 0.3) is 0 Å². The number of morpholine rings is 1. The Hall–Kier alpha value is -1.74. The molecule has 30 heavy (non-hydrogen) atoms. The summed E-state index contributed by atoms with van der Waals surface area (Å²) in [4.78, 5) is 20.3. The minimum absolute atomic E-state index is 0. The van der Waals surface area contributed by atoms with E-state index in [-0.39, 0.29) is 23.7 Å². The van der Waals surface area contributed by atoms with Gasteiger partial charge in [-0.05, 0) is 50.3 Å². The Morgan fingerprint density at radius 2 is 2.20 bits per heavy atom. The molecule has 0 radical (unpaired) electrons. The average molecular weight is 435 g/mol. The van der Waals surface area contributed by atoms with E-state index in [1.807, 2.05) is 12.1 Å². The van der Waals surface area contributed by atoms with Gasteiger partial charge in [-0.1, -0.05) is 0 Å². The fourth-order valence-corrected chi connectivity index (χ4v) is 5.55. The van der Waals surface area contributed by atoms with Crippen LogP contribution in [0.3, 0.4) is 0 Å². The molecule has 3 N–H and O–H groups in total. The van der Waals surface area contributed by atoms with Crippen molar-refractivity contribution in [3.8, 4) is 0 Å². The SMILES string of the molecule is Cl.O=C(NCc1[nH]nc2ncccc12)[C@@]12CC[C@@H](N3CCOCC3)C[C@H]1CCNC2. The molecule has 5 rings (SSSR count). The van der Waals surface area contributed by atoms with Crippen molar-refractivity contribution in [2.75, 3.05) is 39.4 Å². The van der Waals surface area contributed by atoms with Gasteiger partial charge < -0.3 is 15.4 Å². The molecule has 0 bridgehead atoms. The fraction of sp³-hybridized carbons (Fsp3) is 0.667. The average Bonchev–Trinajstić information content (AvgIpc) is 3.20. The molecule has 1 amide bonds. The Morgan fingerprint density at radius 1 is 1.33 bits per heavy atom. The maximum absolute atomic E-state index is 13.4. The number of rotatable bonds is 4. The van der Waals surface area contributed by atoms with E-state index in [1.165, 1.54) is 0 Å². The molecule has 8 nitrogen and oxygen atoms in total. The molecule has 0 unspecified atom stereocenters. The summed E-state index contributed by atoms with van der Waals surface area (Å²) in [5.41, 5.74) is 1.31. The number of hydrogen-bond acceptors (Lipinski definition) is 6. The monoisotopic (exact) mass is 434 g/mol. The number of pyridine rings is 1. The molecule has 0 spiro atoms. The zero-order valence-corrected chi connectivity index (χ0v) is 18.0. The number of amides is 1. The topological polar surface area (TPSA) is 95.2 Å². The second-order valence-electron chi connectivity index (χ2n) is 8.65. The van der Waals surface area contributed by atoms with Crippen LogP contribution in [0.1, 0.15) is 31.4 Å². The Balaban J connectivity index is 0.00000218. The van der Waals surface area contributed by atoms with E-state index in [0.29, 0.717) is 24.2 Å². The highest BCUT2D eigenvalue weighted by Gasteiger charge is 2.50. The zero-order valence-electron chi connectivity index (χ0n) is 17.2. The second-order valence-corrected chi connectivity index (χ2v) is 8.65. The molecule has 3 fully saturated rings. The van der Waals surface area contributed by atoms with E-state index in [9.17, 15) is 4.79 Å². The summed E-state index contributed by atoms with van der Waals surface area (Å²) >= 11 is 0. The highest BCUT2D eigenvalue weighted by Crippen LogP contribution is 2.46. The molecule has 4 heterocycles. The van der Waals surface area contributed by atoms with Gasteiger partial charge in [0.05, 0.1) is 30.9 Å². The first-order valence-electron chi connectivity index (χ1n) is 10.8. The van der Waals surface area contributed by atoms with Crippen LogP contribution in [0.4, 0.5) is 0 Å². The quantitative estimate of drug-likeness (QED) is 0.674. The summed E-state index contributed by atoms with van der Waals surface area (Å²) in [5.74, 6) is 0.618. The maximum atomic E-state index is 13.4. The van der Waals surface area contributed by atoms with Crippen molar-refractivity contribution in [3.63, 3.8) is 0 Å². The summed E-state index contributed by atoms with van der Waals surface area (Å²) in [6, 6.07) is 4.48. The van der Waals surface area contributed by atoms with Gasteiger partial charge in [0.2, 0.25) is 5.91 Å². The highest BCUT2D eigenvalue weighted by atomic mass is 35.5. The fourth-order valence-electron chi connectivity index (χ4n) is 5.55. The molecule has 2 aromatic rings. The van der Waals surface area contributed by atoms with Crippen molar-refractivity contribution in [3.05, 3.63) is 24.0 Å². The van der Waals surface area contributed by atoms with Gasteiger partial charge in [0.15, 0.2) is 5.65 Å². The van der Waals surface area contributed by atoms with E-state index in [1.54, 1.807) is 6.20 Å². The van der Waals surface area contributed by atoms with Crippen molar-refractivity contribution in [1.82, 2.24) is 30.7 Å². The van der Waals surface area contributed by atoms with Gasteiger partial charge >= 0.3 is 0 Å². The molecular formula is C21H31ClN6O2. The predicted molar refractivity (Wildman–Crippen MR) is 116 cm³/mol. The number of piperidine rings is 1. The van der Waals surface area contributed by atoms with Gasteiger partial charge in [-0.3, -0.25) is 14.8 Å². The Morgan fingerprint density at radius 3 is 3.07 bits per heavy atom. The minimum atomic E-state index is -0.297. The Bertz CT molecular complexity index is 870. The van der Waals surface area contributed by atoms with Crippen molar-refractivity contribution in [2.24, 2.45) is 11.3 Å². The Labute approximate surface area is 182 Å². The zero-order chi connectivity index (χ0) is 19.7. The first kappa shape index (κ1) is 21.5. The highest BCUT2D eigenvalue weighted by molar-refractivity contribution is 5.85. The lowest BCUT2D eigenvalue weighted by Gasteiger charge is -2.50. The molecule has 164 valence electrons. The molecular weight excluding hydrogens is 404 g/mol. The predicted octanol–water partition coefficient (Wildman–Crippen LogP) is 1.48. The molecule has 3 aliphatic rings. The van der Waals surface area contributed by atoms with Crippen molar-refractivity contribution in [1.29, 1.82) is 0 Å². The van der Waals surface area contributed by atoms with Crippen LogP contribution in [0.5, 0.6) is 0 Å². The maximum Gasteiger partial charge on any atom is 0.228 e. The molecule has 3 atom stereocenters. The molecule has 2 aromatic heterocycles. The van der Waals surface area contributed by atoms with E-state index in [4.69, 9.17) is 4.74 Å². The second kappa shape index (κ2) is 9.18. The molecule has 2 aliphatic heterocycles. The third-order valence-corrected chi connectivity index (χ3v) is 7.22. The minimum Gasteiger partial charge on any atom is -0.379 e. The first-order valence-corrected chi connectivity index (χ1v) is 10.8. The lowest BCUT2D eigenvalue weighted by molar-refractivity contribution is -0.140. The van der Waals surface area contributed by atoms with Gasteiger partial charge in [0.1, 0.15) is 0 Å². The van der Waals surface area contributed by atoms with E-state index < -0.39 is 0 Å². The smallest absolute Gasteiger partial charge is 0.228 e. The van der Waals surface area contributed by atoms with Crippen LogP contribution in [0.15, 0.2) is 18.3 Å². The van der Waals surface area contributed by atoms with Crippen LogP contribution in [0, 0.1) is 11.3 Å². The molecule has 1 saturated carbocycles. The van der Waals surface area contributed by atoms with Crippen LogP contribution >= 0.6 is 12.4 Å².